The molecular formula is C23H26ClFN2O3S. The minimum Gasteiger partial charge on any atom is -0.349 e. The Morgan fingerprint density at radius 1 is 1.10 bits per heavy atom. The van der Waals surface area contributed by atoms with Crippen molar-refractivity contribution >= 4 is 27.5 Å². The molecule has 1 atom stereocenters. The van der Waals surface area contributed by atoms with Crippen LogP contribution in [0.1, 0.15) is 48.4 Å². The number of carbonyl (C=O) groups is 1. The largest absolute Gasteiger partial charge is 0.349 e. The maximum atomic E-state index is 14.0. The number of rotatable bonds is 5. The van der Waals surface area contributed by atoms with Crippen molar-refractivity contribution in [2.75, 3.05) is 13.1 Å². The van der Waals surface area contributed by atoms with Crippen molar-refractivity contribution in [2.24, 2.45) is 5.92 Å². The Bertz CT molecular complexity index is 1050. The second-order valence-corrected chi connectivity index (χ2v) is 10.7. The molecule has 0 spiro atoms. The van der Waals surface area contributed by atoms with Crippen LogP contribution in [0.2, 0.25) is 5.02 Å². The first-order valence-corrected chi connectivity index (χ1v) is 12.6. The van der Waals surface area contributed by atoms with Crippen molar-refractivity contribution in [3.63, 3.8) is 0 Å². The summed E-state index contributed by atoms with van der Waals surface area (Å²) in [5.74, 6) is -1.35. The molecule has 1 N–H and O–H groups in total. The minimum atomic E-state index is -3.72. The summed E-state index contributed by atoms with van der Waals surface area (Å²) in [6, 6.07) is 12.3. The van der Waals surface area contributed by atoms with Crippen molar-refractivity contribution in [3.8, 4) is 0 Å². The quantitative estimate of drug-likeness (QED) is 0.720. The van der Waals surface area contributed by atoms with Gasteiger partial charge in [0.15, 0.2) is 0 Å². The molecule has 4 rings (SSSR count). The number of nitrogens with one attached hydrogen (secondary N) is 1. The summed E-state index contributed by atoms with van der Waals surface area (Å²) in [5, 5.41) is 3.28. The molecule has 0 unspecified atom stereocenters. The van der Waals surface area contributed by atoms with Crippen LogP contribution in [0, 0.1) is 11.7 Å². The van der Waals surface area contributed by atoms with E-state index < -0.39 is 21.6 Å². The average Bonchev–Trinajstić information content (AvgIpc) is 2.77. The molecule has 2 aliphatic rings. The lowest BCUT2D eigenvalue weighted by Gasteiger charge is -2.33. The van der Waals surface area contributed by atoms with Crippen LogP contribution in [0.25, 0.3) is 0 Å². The van der Waals surface area contributed by atoms with Crippen molar-refractivity contribution in [2.45, 2.75) is 43.9 Å². The predicted octanol–water partition coefficient (Wildman–Crippen LogP) is 4.21. The molecule has 1 saturated heterocycles. The van der Waals surface area contributed by atoms with Crippen LogP contribution < -0.4 is 5.32 Å². The molecule has 31 heavy (non-hydrogen) atoms. The van der Waals surface area contributed by atoms with Crippen molar-refractivity contribution in [1.82, 2.24) is 9.62 Å². The highest BCUT2D eigenvalue weighted by atomic mass is 35.5. The van der Waals surface area contributed by atoms with Gasteiger partial charge < -0.3 is 5.32 Å². The number of carbonyl (C=O) groups excluding carboxylic acids is 1. The summed E-state index contributed by atoms with van der Waals surface area (Å²) in [4.78, 5) is 12.9. The fraction of sp³-hybridized carbons (Fsp3) is 0.435. The van der Waals surface area contributed by atoms with Crippen LogP contribution in [-0.2, 0) is 27.0 Å². The molecule has 0 aromatic heterocycles. The zero-order valence-corrected chi connectivity index (χ0v) is 18.8. The van der Waals surface area contributed by atoms with Crippen LogP contribution in [0.15, 0.2) is 42.5 Å². The van der Waals surface area contributed by atoms with Gasteiger partial charge in [0, 0.05) is 29.6 Å². The van der Waals surface area contributed by atoms with E-state index in [0.717, 1.165) is 19.3 Å². The molecule has 0 bridgehead atoms. The maximum absolute atomic E-state index is 14.0. The molecule has 2 aromatic rings. The van der Waals surface area contributed by atoms with Crippen LogP contribution in [-0.4, -0.2) is 31.7 Å². The Morgan fingerprint density at radius 2 is 1.84 bits per heavy atom. The summed E-state index contributed by atoms with van der Waals surface area (Å²) in [6.07, 6.45) is 3.89. The SMILES string of the molecule is O=C(N[C@H]1CCCc2ccccc21)C1CCN(S(=O)(=O)Cc2c(F)cccc2Cl)CC1. The number of halogens is 2. The zero-order chi connectivity index (χ0) is 22.0. The number of piperidine rings is 1. The molecule has 0 saturated carbocycles. The molecule has 0 radical (unpaired) electrons. The topological polar surface area (TPSA) is 66.5 Å². The van der Waals surface area contributed by atoms with Crippen molar-refractivity contribution < 1.29 is 17.6 Å². The number of nitrogens with zero attached hydrogens (tertiary/aromatic N) is 1. The molecule has 1 aliphatic carbocycles. The van der Waals surface area contributed by atoms with E-state index >= 15 is 0 Å². The summed E-state index contributed by atoms with van der Waals surface area (Å²) in [7, 11) is -3.72. The summed E-state index contributed by atoms with van der Waals surface area (Å²) in [6.45, 7) is 0.488. The summed E-state index contributed by atoms with van der Waals surface area (Å²) >= 11 is 5.99. The third-order valence-electron chi connectivity index (χ3n) is 6.29. The fourth-order valence-corrected chi connectivity index (χ4v) is 6.45. The van der Waals surface area contributed by atoms with E-state index in [-0.39, 0.29) is 41.5 Å². The van der Waals surface area contributed by atoms with E-state index in [9.17, 15) is 17.6 Å². The molecule has 1 heterocycles. The number of aryl methyl sites for hydroxylation is 1. The highest BCUT2D eigenvalue weighted by Crippen LogP contribution is 2.31. The van der Waals surface area contributed by atoms with Crippen molar-refractivity contribution in [1.29, 1.82) is 0 Å². The van der Waals surface area contributed by atoms with Gasteiger partial charge >= 0.3 is 0 Å². The Morgan fingerprint density at radius 3 is 2.58 bits per heavy atom. The van der Waals surface area contributed by atoms with Gasteiger partial charge in [0.25, 0.3) is 0 Å². The monoisotopic (exact) mass is 464 g/mol. The summed E-state index contributed by atoms with van der Waals surface area (Å²) < 4.78 is 40.9. The molecule has 2 aromatic carbocycles. The fourth-order valence-electron chi connectivity index (χ4n) is 4.53. The number of amides is 1. The van der Waals surface area contributed by atoms with Crippen LogP contribution in [0.5, 0.6) is 0 Å². The van der Waals surface area contributed by atoms with Crippen LogP contribution in [0.4, 0.5) is 4.39 Å². The number of hydrogen-bond donors (Lipinski definition) is 1. The van der Waals surface area contributed by atoms with E-state index in [1.54, 1.807) is 0 Å². The first-order valence-electron chi connectivity index (χ1n) is 10.6. The van der Waals surface area contributed by atoms with E-state index in [1.807, 2.05) is 12.1 Å². The van der Waals surface area contributed by atoms with E-state index in [1.165, 1.54) is 33.6 Å². The Labute approximate surface area is 187 Å². The zero-order valence-electron chi connectivity index (χ0n) is 17.2. The Balaban J connectivity index is 1.36. The lowest BCUT2D eigenvalue weighted by Crippen LogP contribution is -2.44. The van der Waals surface area contributed by atoms with Crippen molar-refractivity contribution in [3.05, 3.63) is 70.0 Å². The number of hydrogen-bond acceptors (Lipinski definition) is 3. The molecule has 8 heteroatoms. The standard InChI is InChI=1S/C23H26ClFN2O3S/c24-20-8-4-9-21(25)19(20)15-31(29,30)27-13-11-17(12-14-27)23(28)26-22-10-3-6-16-5-1-2-7-18(16)22/h1-2,4-5,7-9,17,22H,3,6,10-15H2,(H,26,28)/t22-/m0/s1. The molecular weight excluding hydrogens is 439 g/mol. The summed E-state index contributed by atoms with van der Waals surface area (Å²) in [5.41, 5.74) is 2.45. The van der Waals surface area contributed by atoms with Gasteiger partial charge in [-0.3, -0.25) is 4.79 Å². The molecule has 1 aliphatic heterocycles. The van der Waals surface area contributed by atoms with E-state index in [4.69, 9.17) is 11.6 Å². The van der Waals surface area contributed by atoms with Gasteiger partial charge in [-0.2, -0.15) is 0 Å². The smallest absolute Gasteiger partial charge is 0.223 e. The molecule has 1 fully saturated rings. The van der Waals surface area contributed by atoms with Gasteiger partial charge in [-0.25, -0.2) is 17.1 Å². The second-order valence-electron chi connectivity index (χ2n) is 8.28. The predicted molar refractivity (Wildman–Crippen MR) is 119 cm³/mol. The highest BCUT2D eigenvalue weighted by molar-refractivity contribution is 7.88. The molecule has 166 valence electrons. The van der Waals surface area contributed by atoms with E-state index in [2.05, 4.69) is 17.4 Å². The average molecular weight is 465 g/mol. The van der Waals surface area contributed by atoms with Crippen LogP contribution >= 0.6 is 11.6 Å². The number of sulfonamides is 1. The number of benzene rings is 2. The first-order chi connectivity index (χ1) is 14.8. The van der Waals surface area contributed by atoms with Crippen LogP contribution in [0.3, 0.4) is 0 Å². The molecule has 1 amide bonds. The van der Waals surface area contributed by atoms with Gasteiger partial charge in [-0.05, 0) is 55.4 Å². The third kappa shape index (κ3) is 4.94. The van der Waals surface area contributed by atoms with Gasteiger partial charge in [0.1, 0.15) is 5.82 Å². The molecule has 5 nitrogen and oxygen atoms in total. The maximum Gasteiger partial charge on any atom is 0.223 e. The normalized spacial score (nSPS) is 20.3. The lowest BCUT2D eigenvalue weighted by molar-refractivity contribution is -0.127. The van der Waals surface area contributed by atoms with Gasteiger partial charge in [-0.1, -0.05) is 41.9 Å². The Kier molecular flexibility index (Phi) is 6.65. The van der Waals surface area contributed by atoms with E-state index in [0.29, 0.717) is 12.8 Å². The first kappa shape index (κ1) is 22.2. The highest BCUT2D eigenvalue weighted by Gasteiger charge is 2.33. The second kappa shape index (κ2) is 9.27. The Hall–Kier alpha value is -1.96. The number of fused-ring (bicyclic) bond motifs is 1. The van der Waals surface area contributed by atoms with Gasteiger partial charge in [0.05, 0.1) is 11.8 Å². The third-order valence-corrected chi connectivity index (χ3v) is 8.45. The minimum absolute atomic E-state index is 0.0139. The van der Waals surface area contributed by atoms with Gasteiger partial charge in [0.2, 0.25) is 15.9 Å². The lowest BCUT2D eigenvalue weighted by atomic mass is 9.87. The van der Waals surface area contributed by atoms with Gasteiger partial charge in [-0.15, -0.1) is 0 Å².